The van der Waals surface area contributed by atoms with E-state index in [-0.39, 0.29) is 10.8 Å². The zero-order valence-electron chi connectivity index (χ0n) is 11.9. The van der Waals surface area contributed by atoms with Gasteiger partial charge in [-0.2, -0.15) is 0 Å². The first-order valence-electron chi connectivity index (χ1n) is 6.28. The monoisotopic (exact) mass is 324 g/mol. The summed E-state index contributed by atoms with van der Waals surface area (Å²) >= 11 is 5.11. The van der Waals surface area contributed by atoms with Crippen LogP contribution in [-0.2, 0) is 0 Å². The SMILES string of the molecule is COc1ccc(NC(=S)Nc2ccc(F)cc2F)c(OC)c1. The molecule has 0 aromatic heterocycles. The van der Waals surface area contributed by atoms with Crippen LogP contribution >= 0.6 is 12.2 Å². The van der Waals surface area contributed by atoms with Crippen molar-refractivity contribution >= 4 is 28.7 Å². The second-order valence-corrected chi connectivity index (χ2v) is 4.68. The molecule has 0 radical (unpaired) electrons. The van der Waals surface area contributed by atoms with Crippen molar-refractivity contribution in [2.45, 2.75) is 0 Å². The smallest absolute Gasteiger partial charge is 0.175 e. The summed E-state index contributed by atoms with van der Waals surface area (Å²) < 4.78 is 36.7. The lowest BCUT2D eigenvalue weighted by Gasteiger charge is -2.14. The van der Waals surface area contributed by atoms with Crippen LogP contribution in [0.2, 0.25) is 0 Å². The maximum atomic E-state index is 13.6. The summed E-state index contributed by atoms with van der Waals surface area (Å²) in [6.07, 6.45) is 0. The highest BCUT2D eigenvalue weighted by molar-refractivity contribution is 7.80. The molecular formula is C15H14F2N2O2S. The minimum absolute atomic E-state index is 0.0754. The van der Waals surface area contributed by atoms with Crippen LogP contribution in [0.1, 0.15) is 0 Å². The molecule has 0 amide bonds. The zero-order chi connectivity index (χ0) is 16.1. The highest BCUT2D eigenvalue weighted by atomic mass is 32.1. The lowest BCUT2D eigenvalue weighted by atomic mass is 10.2. The van der Waals surface area contributed by atoms with Crippen LogP contribution in [0.15, 0.2) is 36.4 Å². The molecule has 0 spiro atoms. The molecule has 0 unspecified atom stereocenters. The normalized spacial score (nSPS) is 10.0. The van der Waals surface area contributed by atoms with Gasteiger partial charge in [-0.05, 0) is 36.5 Å². The number of rotatable bonds is 4. The van der Waals surface area contributed by atoms with Crippen molar-refractivity contribution in [3.8, 4) is 11.5 Å². The van der Waals surface area contributed by atoms with E-state index < -0.39 is 11.6 Å². The summed E-state index contributed by atoms with van der Waals surface area (Å²) in [5.41, 5.74) is 0.662. The fourth-order valence-electron chi connectivity index (χ4n) is 1.77. The van der Waals surface area contributed by atoms with E-state index in [9.17, 15) is 8.78 Å². The number of nitrogens with one attached hydrogen (secondary N) is 2. The van der Waals surface area contributed by atoms with Gasteiger partial charge in [0.25, 0.3) is 0 Å². The molecule has 0 aliphatic heterocycles. The van der Waals surface area contributed by atoms with Crippen molar-refractivity contribution in [3.63, 3.8) is 0 Å². The Labute approximate surface area is 132 Å². The molecule has 7 heteroatoms. The lowest BCUT2D eigenvalue weighted by molar-refractivity contribution is 0.395. The quantitative estimate of drug-likeness (QED) is 0.838. The van der Waals surface area contributed by atoms with Gasteiger partial charge in [0.1, 0.15) is 23.1 Å². The third kappa shape index (κ3) is 3.82. The Balaban J connectivity index is 2.12. The van der Waals surface area contributed by atoms with Crippen LogP contribution in [0.3, 0.4) is 0 Å². The number of benzene rings is 2. The molecule has 0 heterocycles. The van der Waals surface area contributed by atoms with Crippen molar-refractivity contribution in [3.05, 3.63) is 48.0 Å². The van der Waals surface area contributed by atoms with Gasteiger partial charge >= 0.3 is 0 Å². The number of thiocarbonyl (C=S) groups is 1. The van der Waals surface area contributed by atoms with Gasteiger partial charge in [0.15, 0.2) is 5.11 Å². The Hall–Kier alpha value is -2.41. The fourth-order valence-corrected chi connectivity index (χ4v) is 1.99. The number of halogens is 2. The van der Waals surface area contributed by atoms with E-state index in [2.05, 4.69) is 10.6 Å². The Bertz CT molecular complexity index is 695. The number of methoxy groups -OCH3 is 2. The van der Waals surface area contributed by atoms with Crippen molar-refractivity contribution in [1.82, 2.24) is 0 Å². The summed E-state index contributed by atoms with van der Waals surface area (Å²) in [7, 11) is 3.06. The second-order valence-electron chi connectivity index (χ2n) is 4.27. The standard InChI is InChI=1S/C15H14F2N2O2S/c1-20-10-4-6-13(14(8-10)21-2)19-15(22)18-12-5-3-9(16)7-11(12)17/h3-8H,1-2H3,(H2,18,19,22). The summed E-state index contributed by atoms with van der Waals surface area (Å²) in [6, 6.07) is 8.31. The molecule has 0 saturated heterocycles. The third-order valence-corrected chi connectivity index (χ3v) is 3.04. The van der Waals surface area contributed by atoms with Crippen LogP contribution in [0.5, 0.6) is 11.5 Å². The molecule has 0 aliphatic rings. The highest BCUT2D eigenvalue weighted by Crippen LogP contribution is 2.29. The molecule has 0 fully saturated rings. The van der Waals surface area contributed by atoms with Gasteiger partial charge in [-0.25, -0.2) is 8.78 Å². The van der Waals surface area contributed by atoms with E-state index in [4.69, 9.17) is 21.7 Å². The van der Waals surface area contributed by atoms with Crippen molar-refractivity contribution in [2.24, 2.45) is 0 Å². The van der Waals surface area contributed by atoms with E-state index in [1.54, 1.807) is 25.3 Å². The lowest BCUT2D eigenvalue weighted by Crippen LogP contribution is -2.20. The molecule has 2 N–H and O–H groups in total. The molecule has 0 saturated carbocycles. The largest absolute Gasteiger partial charge is 0.497 e. The predicted octanol–water partition coefficient (Wildman–Crippen LogP) is 3.79. The van der Waals surface area contributed by atoms with Crippen molar-refractivity contribution in [1.29, 1.82) is 0 Å². The Morgan fingerprint density at radius 3 is 2.27 bits per heavy atom. The Kier molecular flexibility index (Phi) is 5.11. The van der Waals surface area contributed by atoms with E-state index >= 15 is 0 Å². The Morgan fingerprint density at radius 1 is 0.955 bits per heavy atom. The first-order valence-corrected chi connectivity index (χ1v) is 6.69. The van der Waals surface area contributed by atoms with E-state index in [0.717, 1.165) is 12.1 Å². The summed E-state index contributed by atoms with van der Waals surface area (Å²) in [6.45, 7) is 0. The van der Waals surface area contributed by atoms with Gasteiger partial charge in [0, 0.05) is 12.1 Å². The average Bonchev–Trinajstić information content (AvgIpc) is 2.50. The molecule has 4 nitrogen and oxygen atoms in total. The summed E-state index contributed by atoms with van der Waals surface area (Å²) in [5.74, 6) is -0.237. The first kappa shape index (κ1) is 16.0. The van der Waals surface area contributed by atoms with Gasteiger partial charge in [-0.3, -0.25) is 0 Å². The highest BCUT2D eigenvalue weighted by Gasteiger charge is 2.09. The Morgan fingerprint density at radius 2 is 1.64 bits per heavy atom. The minimum Gasteiger partial charge on any atom is -0.497 e. The molecular weight excluding hydrogens is 310 g/mol. The minimum atomic E-state index is -0.731. The van der Waals surface area contributed by atoms with E-state index in [0.29, 0.717) is 17.2 Å². The molecule has 0 bridgehead atoms. The van der Waals surface area contributed by atoms with Crippen molar-refractivity contribution < 1.29 is 18.3 Å². The van der Waals surface area contributed by atoms with Gasteiger partial charge in [0.05, 0.1) is 25.6 Å². The van der Waals surface area contributed by atoms with Crippen LogP contribution in [0.25, 0.3) is 0 Å². The van der Waals surface area contributed by atoms with Crippen LogP contribution in [0, 0.1) is 11.6 Å². The van der Waals surface area contributed by atoms with Gasteiger partial charge in [-0.15, -0.1) is 0 Å². The molecule has 2 rings (SSSR count). The topological polar surface area (TPSA) is 42.5 Å². The molecule has 2 aromatic carbocycles. The summed E-state index contributed by atoms with van der Waals surface area (Å²) in [5, 5.41) is 5.69. The van der Waals surface area contributed by atoms with Crippen LogP contribution in [-0.4, -0.2) is 19.3 Å². The van der Waals surface area contributed by atoms with Crippen molar-refractivity contribution in [2.75, 3.05) is 24.9 Å². The van der Waals surface area contributed by atoms with Gasteiger partial charge < -0.3 is 20.1 Å². The number of anilines is 2. The van der Waals surface area contributed by atoms with Crippen LogP contribution < -0.4 is 20.1 Å². The molecule has 2 aromatic rings. The number of hydrogen-bond acceptors (Lipinski definition) is 3. The molecule has 116 valence electrons. The molecule has 0 aliphatic carbocycles. The summed E-state index contributed by atoms with van der Waals surface area (Å²) in [4.78, 5) is 0. The van der Waals surface area contributed by atoms with E-state index in [1.807, 2.05) is 0 Å². The first-order chi connectivity index (χ1) is 10.5. The maximum Gasteiger partial charge on any atom is 0.175 e. The predicted molar refractivity (Wildman–Crippen MR) is 85.7 cm³/mol. The van der Waals surface area contributed by atoms with Gasteiger partial charge in [0.2, 0.25) is 0 Å². The third-order valence-electron chi connectivity index (χ3n) is 2.84. The molecule has 0 atom stereocenters. The maximum absolute atomic E-state index is 13.6. The van der Waals surface area contributed by atoms with Crippen LogP contribution in [0.4, 0.5) is 20.2 Å². The molecule has 22 heavy (non-hydrogen) atoms. The second kappa shape index (κ2) is 7.04. The number of ether oxygens (including phenoxy) is 2. The average molecular weight is 324 g/mol. The van der Waals surface area contributed by atoms with Gasteiger partial charge in [-0.1, -0.05) is 0 Å². The zero-order valence-corrected chi connectivity index (χ0v) is 12.8. The van der Waals surface area contributed by atoms with E-state index in [1.165, 1.54) is 13.2 Å². The number of hydrogen-bond donors (Lipinski definition) is 2. The fraction of sp³-hybridized carbons (Fsp3) is 0.133.